The van der Waals surface area contributed by atoms with E-state index in [9.17, 15) is 4.79 Å². The third kappa shape index (κ3) is 2.34. The quantitative estimate of drug-likeness (QED) is 0.829. The van der Waals surface area contributed by atoms with Crippen LogP contribution in [0.4, 0.5) is 0 Å². The van der Waals surface area contributed by atoms with Gasteiger partial charge in [-0.3, -0.25) is 0 Å². The molecule has 0 bridgehead atoms. The van der Waals surface area contributed by atoms with Crippen molar-refractivity contribution in [2.45, 2.75) is 0 Å². The van der Waals surface area contributed by atoms with E-state index in [1.807, 2.05) is 22.6 Å². The van der Waals surface area contributed by atoms with Gasteiger partial charge in [-0.25, -0.2) is 4.79 Å². The molecule has 0 unspecified atom stereocenters. The van der Waals surface area contributed by atoms with Crippen LogP contribution in [-0.4, -0.2) is 18.2 Å². The molecule has 1 N–H and O–H groups in total. The molecule has 0 aliphatic rings. The molecule has 0 radical (unpaired) electrons. The monoisotopic (exact) mass is 356 g/mol. The van der Waals surface area contributed by atoms with Gasteiger partial charge >= 0.3 is 5.97 Å². The molecule has 0 aliphatic heterocycles. The number of hydrogen-bond donors (Lipinski definition) is 1. The molecule has 0 heterocycles. The van der Waals surface area contributed by atoms with E-state index in [-0.39, 0.29) is 5.56 Å². The predicted molar refractivity (Wildman–Crippen MR) is 60.4 cm³/mol. The number of carboxylic acid groups (broad SMARTS) is 1. The van der Waals surface area contributed by atoms with E-state index in [2.05, 4.69) is 15.9 Å². The largest absolute Gasteiger partial charge is 0.496 e. The highest BCUT2D eigenvalue weighted by atomic mass is 127. The Morgan fingerprint density at radius 2 is 2.23 bits per heavy atom. The van der Waals surface area contributed by atoms with Gasteiger partial charge in [0.15, 0.2) is 0 Å². The average molecular weight is 357 g/mol. The molecule has 13 heavy (non-hydrogen) atoms. The van der Waals surface area contributed by atoms with E-state index in [1.165, 1.54) is 13.2 Å². The lowest BCUT2D eigenvalue weighted by Crippen LogP contribution is -2.00. The van der Waals surface area contributed by atoms with Gasteiger partial charge in [0, 0.05) is 3.57 Å². The Kier molecular flexibility index (Phi) is 3.55. The fraction of sp³-hybridized carbons (Fsp3) is 0.125. The van der Waals surface area contributed by atoms with Crippen LogP contribution in [0, 0.1) is 3.57 Å². The van der Waals surface area contributed by atoms with Gasteiger partial charge in [-0.1, -0.05) is 0 Å². The molecule has 70 valence electrons. The molecule has 0 amide bonds. The zero-order valence-electron chi connectivity index (χ0n) is 6.67. The fourth-order valence-electron chi connectivity index (χ4n) is 0.849. The number of hydrogen-bond acceptors (Lipinski definition) is 2. The number of ether oxygens (including phenoxy) is 1. The van der Waals surface area contributed by atoms with Crippen LogP contribution in [0.3, 0.4) is 0 Å². The summed E-state index contributed by atoms with van der Waals surface area (Å²) in [5.74, 6) is -0.423. The number of carboxylic acids is 1. The van der Waals surface area contributed by atoms with Gasteiger partial charge in [-0.2, -0.15) is 0 Å². The summed E-state index contributed by atoms with van der Waals surface area (Å²) >= 11 is 5.24. The molecule has 5 heteroatoms. The smallest absolute Gasteiger partial charge is 0.336 e. The van der Waals surface area contributed by atoms with Crippen molar-refractivity contribution < 1.29 is 14.6 Å². The van der Waals surface area contributed by atoms with Crippen LogP contribution in [-0.2, 0) is 0 Å². The first-order chi connectivity index (χ1) is 6.06. The molecule has 1 aromatic carbocycles. The average Bonchev–Trinajstić information content (AvgIpc) is 2.03. The van der Waals surface area contributed by atoms with Crippen molar-refractivity contribution in [3.63, 3.8) is 0 Å². The minimum absolute atomic E-state index is 0.251. The number of benzene rings is 1. The normalized spacial score (nSPS) is 9.77. The molecule has 0 aromatic heterocycles. The summed E-state index contributed by atoms with van der Waals surface area (Å²) in [7, 11) is 1.50. The van der Waals surface area contributed by atoms with Crippen LogP contribution in [0.1, 0.15) is 10.4 Å². The van der Waals surface area contributed by atoms with Gasteiger partial charge in [0.25, 0.3) is 0 Å². The highest BCUT2D eigenvalue weighted by Crippen LogP contribution is 2.29. The lowest BCUT2D eigenvalue weighted by molar-refractivity contribution is 0.0695. The summed E-state index contributed by atoms with van der Waals surface area (Å²) in [6.07, 6.45) is 0. The summed E-state index contributed by atoms with van der Waals surface area (Å²) in [5, 5.41) is 8.80. The third-order valence-electron chi connectivity index (χ3n) is 1.47. The minimum Gasteiger partial charge on any atom is -0.496 e. The first-order valence-corrected chi connectivity index (χ1v) is 5.19. The first kappa shape index (κ1) is 10.8. The van der Waals surface area contributed by atoms with Crippen molar-refractivity contribution in [2.75, 3.05) is 7.11 Å². The zero-order chi connectivity index (χ0) is 10.0. The Morgan fingerprint density at radius 1 is 1.62 bits per heavy atom. The van der Waals surface area contributed by atoms with E-state index in [0.29, 0.717) is 9.32 Å². The molecule has 0 spiro atoms. The van der Waals surface area contributed by atoms with E-state index in [0.717, 1.165) is 4.47 Å². The lowest BCUT2D eigenvalue weighted by Gasteiger charge is -2.05. The summed E-state index contributed by atoms with van der Waals surface area (Å²) in [6.45, 7) is 0. The Bertz CT molecular complexity index is 351. The minimum atomic E-state index is -0.949. The maximum absolute atomic E-state index is 10.7. The third-order valence-corrected chi connectivity index (χ3v) is 2.98. The van der Waals surface area contributed by atoms with Gasteiger partial charge in [0.2, 0.25) is 0 Å². The molecular weight excluding hydrogens is 351 g/mol. The number of aromatic carboxylic acids is 1. The molecule has 0 saturated heterocycles. The zero-order valence-corrected chi connectivity index (χ0v) is 10.4. The molecule has 0 aliphatic carbocycles. The van der Waals surface area contributed by atoms with E-state index >= 15 is 0 Å². The van der Waals surface area contributed by atoms with Gasteiger partial charge in [0.1, 0.15) is 5.75 Å². The van der Waals surface area contributed by atoms with Crippen LogP contribution in [0.15, 0.2) is 16.6 Å². The lowest BCUT2D eigenvalue weighted by atomic mass is 10.2. The molecule has 3 nitrogen and oxygen atoms in total. The molecular formula is C8H6BrIO3. The first-order valence-electron chi connectivity index (χ1n) is 3.32. The Hall–Kier alpha value is -0.300. The number of rotatable bonds is 2. The second-order valence-electron chi connectivity index (χ2n) is 2.27. The molecule has 1 rings (SSSR count). The van der Waals surface area contributed by atoms with E-state index in [1.54, 1.807) is 6.07 Å². The van der Waals surface area contributed by atoms with Crippen LogP contribution < -0.4 is 4.74 Å². The molecule has 0 atom stereocenters. The highest BCUT2D eigenvalue weighted by molar-refractivity contribution is 14.1. The van der Waals surface area contributed by atoms with Crippen LogP contribution in [0.5, 0.6) is 5.75 Å². The van der Waals surface area contributed by atoms with Crippen molar-refractivity contribution in [3.8, 4) is 5.75 Å². The SMILES string of the molecule is COc1cc(C(=O)O)c(I)cc1Br. The number of carbonyl (C=O) groups is 1. The van der Waals surface area contributed by atoms with Crippen molar-refractivity contribution in [2.24, 2.45) is 0 Å². The topological polar surface area (TPSA) is 46.5 Å². The highest BCUT2D eigenvalue weighted by Gasteiger charge is 2.12. The molecule has 0 fully saturated rings. The Morgan fingerprint density at radius 3 is 2.69 bits per heavy atom. The number of methoxy groups -OCH3 is 1. The van der Waals surface area contributed by atoms with Gasteiger partial charge in [0.05, 0.1) is 17.1 Å². The summed E-state index contributed by atoms with van der Waals surface area (Å²) in [5.41, 5.74) is 0.251. The maximum atomic E-state index is 10.7. The Balaban J connectivity index is 3.30. The van der Waals surface area contributed by atoms with E-state index in [4.69, 9.17) is 9.84 Å². The van der Waals surface area contributed by atoms with E-state index < -0.39 is 5.97 Å². The second kappa shape index (κ2) is 4.28. The van der Waals surface area contributed by atoms with Crippen molar-refractivity contribution in [1.82, 2.24) is 0 Å². The Labute approximate surface area is 97.4 Å². The van der Waals surface area contributed by atoms with Crippen LogP contribution in [0.2, 0.25) is 0 Å². The van der Waals surface area contributed by atoms with Gasteiger partial charge < -0.3 is 9.84 Å². The maximum Gasteiger partial charge on any atom is 0.336 e. The molecule has 1 aromatic rings. The van der Waals surface area contributed by atoms with Gasteiger partial charge in [-0.05, 0) is 50.7 Å². The summed E-state index contributed by atoms with van der Waals surface area (Å²) < 4.78 is 6.41. The fourth-order valence-corrected chi connectivity index (χ4v) is 2.48. The number of halogens is 2. The second-order valence-corrected chi connectivity index (χ2v) is 4.29. The van der Waals surface area contributed by atoms with Gasteiger partial charge in [-0.15, -0.1) is 0 Å². The summed E-state index contributed by atoms with van der Waals surface area (Å²) in [4.78, 5) is 10.7. The standard InChI is InChI=1S/C8H6BrIO3/c1-13-7-2-4(8(11)12)6(10)3-5(7)9/h2-3H,1H3,(H,11,12). The van der Waals surface area contributed by atoms with Crippen LogP contribution >= 0.6 is 38.5 Å². The molecule has 0 saturated carbocycles. The van der Waals surface area contributed by atoms with Crippen molar-refractivity contribution >= 4 is 44.5 Å². The van der Waals surface area contributed by atoms with Crippen molar-refractivity contribution in [3.05, 3.63) is 25.7 Å². The van der Waals surface area contributed by atoms with Crippen molar-refractivity contribution in [1.29, 1.82) is 0 Å². The van der Waals surface area contributed by atoms with Crippen LogP contribution in [0.25, 0.3) is 0 Å². The predicted octanol–water partition coefficient (Wildman–Crippen LogP) is 2.76. The summed E-state index contributed by atoms with van der Waals surface area (Å²) in [6, 6.07) is 3.21.